The standard InChI is InChI=1S/C15H23NO2/c1-5-15-7-6-10(2)18-13(15)14(3,4)12(17)11(8-15)9-16/h10-11,13H,5-8H2,1-4H3/t10-,11?,13+,15+/m1/s1. The maximum atomic E-state index is 12.4. The second-order valence-electron chi connectivity index (χ2n) is 6.55. The second kappa shape index (κ2) is 4.35. The van der Waals surface area contributed by atoms with Crippen LogP contribution < -0.4 is 0 Å². The van der Waals surface area contributed by atoms with Gasteiger partial charge in [0.1, 0.15) is 5.92 Å². The van der Waals surface area contributed by atoms with Gasteiger partial charge in [-0.25, -0.2) is 0 Å². The first-order valence-corrected chi connectivity index (χ1v) is 6.97. The predicted octanol–water partition coefficient (Wildman–Crippen LogP) is 3.09. The molecule has 1 aliphatic heterocycles. The molecule has 0 aromatic rings. The fourth-order valence-electron chi connectivity index (χ4n) is 3.90. The Hall–Kier alpha value is -0.880. The lowest BCUT2D eigenvalue weighted by molar-refractivity contribution is -0.199. The Balaban J connectivity index is 2.42. The SMILES string of the molecule is CC[C@@]12CC[C@@H](C)O[C@H]1C(C)(C)C(=O)C(C#N)C2. The minimum Gasteiger partial charge on any atom is -0.374 e. The van der Waals surface area contributed by atoms with Crippen LogP contribution in [0.15, 0.2) is 0 Å². The van der Waals surface area contributed by atoms with E-state index in [0.29, 0.717) is 6.42 Å². The van der Waals surface area contributed by atoms with Gasteiger partial charge in [0.25, 0.3) is 0 Å². The molecule has 0 spiro atoms. The third-order valence-corrected chi connectivity index (χ3v) is 5.05. The monoisotopic (exact) mass is 249 g/mol. The van der Waals surface area contributed by atoms with Crippen LogP contribution in [-0.4, -0.2) is 18.0 Å². The average Bonchev–Trinajstić information content (AvgIpc) is 2.35. The molecule has 0 aromatic heterocycles. The molecule has 0 radical (unpaired) electrons. The van der Waals surface area contributed by atoms with E-state index in [1.165, 1.54) is 0 Å². The minimum absolute atomic E-state index is 0.0182. The lowest BCUT2D eigenvalue weighted by atomic mass is 9.54. The number of rotatable bonds is 1. The Morgan fingerprint density at radius 2 is 2.17 bits per heavy atom. The molecule has 1 heterocycles. The summed E-state index contributed by atoms with van der Waals surface area (Å²) in [6, 6.07) is 2.21. The highest BCUT2D eigenvalue weighted by molar-refractivity contribution is 5.90. The first-order chi connectivity index (χ1) is 8.37. The van der Waals surface area contributed by atoms with Crippen LogP contribution in [0.4, 0.5) is 0 Å². The van der Waals surface area contributed by atoms with Crippen LogP contribution >= 0.6 is 0 Å². The van der Waals surface area contributed by atoms with E-state index in [-0.39, 0.29) is 23.4 Å². The van der Waals surface area contributed by atoms with Crippen molar-refractivity contribution in [1.29, 1.82) is 5.26 Å². The van der Waals surface area contributed by atoms with E-state index in [1.807, 2.05) is 13.8 Å². The van der Waals surface area contributed by atoms with E-state index in [2.05, 4.69) is 19.9 Å². The molecule has 3 heteroatoms. The number of nitrogens with zero attached hydrogens (tertiary/aromatic N) is 1. The fraction of sp³-hybridized carbons (Fsp3) is 0.867. The number of nitriles is 1. The van der Waals surface area contributed by atoms with Gasteiger partial charge in [0.05, 0.1) is 23.7 Å². The first kappa shape index (κ1) is 13.5. The number of hydrogen-bond acceptors (Lipinski definition) is 3. The quantitative estimate of drug-likeness (QED) is 0.717. The summed E-state index contributed by atoms with van der Waals surface area (Å²) in [5.74, 6) is -0.388. The molecule has 2 rings (SSSR count). The molecule has 1 saturated heterocycles. The Morgan fingerprint density at radius 1 is 1.50 bits per heavy atom. The van der Waals surface area contributed by atoms with Gasteiger partial charge in [-0.2, -0.15) is 5.26 Å². The van der Waals surface area contributed by atoms with E-state index < -0.39 is 11.3 Å². The highest BCUT2D eigenvalue weighted by atomic mass is 16.5. The van der Waals surface area contributed by atoms with E-state index in [0.717, 1.165) is 19.3 Å². The van der Waals surface area contributed by atoms with Crippen molar-refractivity contribution in [3.05, 3.63) is 0 Å². The van der Waals surface area contributed by atoms with Crippen LogP contribution in [0.3, 0.4) is 0 Å². The zero-order valence-electron chi connectivity index (χ0n) is 11.8. The number of hydrogen-bond donors (Lipinski definition) is 0. The lowest BCUT2D eigenvalue weighted by Crippen LogP contribution is -2.60. The molecule has 3 nitrogen and oxygen atoms in total. The number of ether oxygens (including phenoxy) is 1. The number of carbonyl (C=O) groups excluding carboxylic acids is 1. The zero-order valence-corrected chi connectivity index (χ0v) is 11.8. The maximum Gasteiger partial charge on any atom is 0.158 e. The highest BCUT2D eigenvalue weighted by Crippen LogP contribution is 2.55. The van der Waals surface area contributed by atoms with Crippen molar-refractivity contribution >= 4 is 5.78 Å². The molecular weight excluding hydrogens is 226 g/mol. The summed E-state index contributed by atoms with van der Waals surface area (Å²) in [7, 11) is 0. The summed E-state index contributed by atoms with van der Waals surface area (Å²) in [5, 5.41) is 9.23. The van der Waals surface area contributed by atoms with Crippen molar-refractivity contribution in [2.75, 3.05) is 0 Å². The molecular formula is C15H23NO2. The van der Waals surface area contributed by atoms with Gasteiger partial charge in [0, 0.05) is 0 Å². The zero-order chi connectivity index (χ0) is 13.6. The van der Waals surface area contributed by atoms with Crippen molar-refractivity contribution in [3.63, 3.8) is 0 Å². The Labute approximate surface area is 110 Å². The van der Waals surface area contributed by atoms with Crippen LogP contribution in [0, 0.1) is 28.1 Å². The van der Waals surface area contributed by atoms with Crippen LogP contribution in [0.2, 0.25) is 0 Å². The van der Waals surface area contributed by atoms with E-state index in [1.54, 1.807) is 0 Å². The van der Waals surface area contributed by atoms with Crippen LogP contribution in [0.5, 0.6) is 0 Å². The molecule has 2 aliphatic rings. The van der Waals surface area contributed by atoms with Gasteiger partial charge in [0.15, 0.2) is 5.78 Å². The molecule has 1 saturated carbocycles. The molecule has 100 valence electrons. The summed E-state index contributed by atoms with van der Waals surface area (Å²) < 4.78 is 6.13. The Bertz CT molecular complexity index is 396. The molecule has 1 unspecified atom stereocenters. The second-order valence-corrected chi connectivity index (χ2v) is 6.55. The maximum absolute atomic E-state index is 12.4. The summed E-state index contributed by atoms with van der Waals surface area (Å²) in [4.78, 5) is 12.4. The Morgan fingerprint density at radius 3 is 2.72 bits per heavy atom. The van der Waals surface area contributed by atoms with Gasteiger partial charge in [-0.3, -0.25) is 4.79 Å². The van der Waals surface area contributed by atoms with Gasteiger partial charge in [-0.15, -0.1) is 0 Å². The first-order valence-electron chi connectivity index (χ1n) is 6.97. The van der Waals surface area contributed by atoms with Gasteiger partial charge in [-0.1, -0.05) is 20.8 Å². The molecule has 0 amide bonds. The summed E-state index contributed by atoms with van der Waals surface area (Å²) in [5.41, 5.74) is -0.520. The third kappa shape index (κ3) is 1.78. The van der Waals surface area contributed by atoms with E-state index in [4.69, 9.17) is 4.74 Å². The smallest absolute Gasteiger partial charge is 0.158 e. The van der Waals surface area contributed by atoms with Crippen molar-refractivity contribution in [1.82, 2.24) is 0 Å². The Kier molecular flexibility index (Phi) is 3.27. The largest absolute Gasteiger partial charge is 0.374 e. The fourth-order valence-corrected chi connectivity index (χ4v) is 3.90. The van der Waals surface area contributed by atoms with Gasteiger partial charge in [-0.05, 0) is 38.0 Å². The van der Waals surface area contributed by atoms with Gasteiger partial charge in [0.2, 0.25) is 0 Å². The molecule has 0 aromatic carbocycles. The highest BCUT2D eigenvalue weighted by Gasteiger charge is 2.58. The molecule has 1 aliphatic carbocycles. The minimum atomic E-state index is -0.538. The van der Waals surface area contributed by atoms with Gasteiger partial charge >= 0.3 is 0 Å². The van der Waals surface area contributed by atoms with E-state index in [9.17, 15) is 10.1 Å². The third-order valence-electron chi connectivity index (χ3n) is 5.05. The number of carbonyl (C=O) groups is 1. The van der Waals surface area contributed by atoms with Crippen molar-refractivity contribution < 1.29 is 9.53 Å². The van der Waals surface area contributed by atoms with Crippen LogP contribution in [-0.2, 0) is 9.53 Å². The summed E-state index contributed by atoms with van der Waals surface area (Å²) in [6.07, 6.45) is 3.96. The summed E-state index contributed by atoms with van der Waals surface area (Å²) in [6.45, 7) is 8.14. The molecule has 2 fully saturated rings. The molecule has 18 heavy (non-hydrogen) atoms. The molecule has 0 N–H and O–H groups in total. The van der Waals surface area contributed by atoms with Crippen molar-refractivity contribution in [2.24, 2.45) is 16.7 Å². The topological polar surface area (TPSA) is 50.1 Å². The van der Waals surface area contributed by atoms with E-state index >= 15 is 0 Å². The normalized spacial score (nSPS) is 43.1. The number of Topliss-reactive ketones (excluding diaryl/α,β-unsaturated/α-hetero) is 1. The predicted molar refractivity (Wildman–Crippen MR) is 68.8 cm³/mol. The lowest BCUT2D eigenvalue weighted by Gasteiger charge is -2.55. The molecule has 0 bridgehead atoms. The van der Waals surface area contributed by atoms with Gasteiger partial charge < -0.3 is 4.74 Å². The van der Waals surface area contributed by atoms with Crippen LogP contribution in [0.1, 0.15) is 53.4 Å². The molecule has 4 atom stereocenters. The van der Waals surface area contributed by atoms with Crippen molar-refractivity contribution in [2.45, 2.75) is 65.6 Å². The number of ketones is 1. The van der Waals surface area contributed by atoms with Crippen LogP contribution in [0.25, 0.3) is 0 Å². The summed E-state index contributed by atoms with van der Waals surface area (Å²) >= 11 is 0. The number of fused-ring (bicyclic) bond motifs is 1. The average molecular weight is 249 g/mol. The van der Waals surface area contributed by atoms with Crippen molar-refractivity contribution in [3.8, 4) is 6.07 Å².